The zero-order valence-corrected chi connectivity index (χ0v) is 17.5. The first-order valence-electron chi connectivity index (χ1n) is 10.6. The number of fused-ring (bicyclic) bond motifs is 1. The quantitative estimate of drug-likeness (QED) is 0.606. The van der Waals surface area contributed by atoms with Gasteiger partial charge in [-0.15, -0.1) is 0 Å². The van der Waals surface area contributed by atoms with Gasteiger partial charge in [0, 0.05) is 37.6 Å². The first kappa shape index (κ1) is 20.3. The molecule has 1 N–H and O–H groups in total. The van der Waals surface area contributed by atoms with E-state index >= 15 is 0 Å². The minimum Gasteiger partial charge on any atom is -0.473 e. The van der Waals surface area contributed by atoms with Crippen LogP contribution in [-0.4, -0.2) is 43.3 Å². The Morgan fingerprint density at radius 2 is 2.13 bits per heavy atom. The van der Waals surface area contributed by atoms with Crippen LogP contribution in [0.5, 0.6) is 5.88 Å². The summed E-state index contributed by atoms with van der Waals surface area (Å²) in [4.78, 5) is 20.6. The van der Waals surface area contributed by atoms with Crippen molar-refractivity contribution < 1.29 is 14.1 Å². The van der Waals surface area contributed by atoms with Crippen LogP contribution in [0.2, 0.25) is 0 Å². The average Bonchev–Trinajstić information content (AvgIpc) is 3.40. The summed E-state index contributed by atoms with van der Waals surface area (Å²) >= 11 is 0. The van der Waals surface area contributed by atoms with Gasteiger partial charge in [0.1, 0.15) is 12.1 Å². The molecule has 1 aliphatic carbocycles. The van der Waals surface area contributed by atoms with Crippen LogP contribution in [0.3, 0.4) is 0 Å². The lowest BCUT2D eigenvalue weighted by molar-refractivity contribution is -0.121. The topological polar surface area (TPSA) is 107 Å². The fraction of sp³-hybridized carbons (Fsp3) is 0.571. The molecule has 9 heteroatoms. The lowest BCUT2D eigenvalue weighted by atomic mass is 9.80. The number of aromatic nitrogens is 5. The number of rotatable bonds is 8. The molecule has 1 aliphatic rings. The molecule has 0 atom stereocenters. The smallest absolute Gasteiger partial charge is 0.254 e. The summed E-state index contributed by atoms with van der Waals surface area (Å²) < 4.78 is 12.5. The molecule has 0 aromatic carbocycles. The number of hydrogen-bond acceptors (Lipinski definition) is 7. The molecular formula is C21H28N6O3. The monoisotopic (exact) mass is 412 g/mol. The Morgan fingerprint density at radius 1 is 1.30 bits per heavy atom. The van der Waals surface area contributed by atoms with Crippen molar-refractivity contribution in [2.45, 2.75) is 64.4 Å². The van der Waals surface area contributed by atoms with Crippen molar-refractivity contribution in [3.63, 3.8) is 0 Å². The third-order valence-electron chi connectivity index (χ3n) is 5.55. The second-order valence-electron chi connectivity index (χ2n) is 8.16. The number of carbonyl (C=O) groups excluding carboxylic acids is 1. The zero-order valence-electron chi connectivity index (χ0n) is 17.5. The molecule has 0 saturated heterocycles. The summed E-state index contributed by atoms with van der Waals surface area (Å²) in [7, 11) is 0. The first-order valence-corrected chi connectivity index (χ1v) is 10.6. The maximum atomic E-state index is 12.2. The molecule has 1 fully saturated rings. The largest absolute Gasteiger partial charge is 0.473 e. The minimum absolute atomic E-state index is 0.0401. The number of nitrogens with zero attached hydrogens (tertiary/aromatic N) is 5. The molecule has 3 aromatic heterocycles. The summed E-state index contributed by atoms with van der Waals surface area (Å²) in [5.41, 5.74) is 1.17. The maximum Gasteiger partial charge on any atom is 0.254 e. The highest BCUT2D eigenvalue weighted by atomic mass is 16.5. The molecule has 30 heavy (non-hydrogen) atoms. The molecule has 0 unspecified atom stereocenters. The molecule has 1 saturated carbocycles. The molecule has 160 valence electrons. The van der Waals surface area contributed by atoms with E-state index in [4.69, 9.17) is 9.26 Å². The number of ether oxygens (including phenoxy) is 1. The molecule has 1 amide bonds. The van der Waals surface area contributed by atoms with Gasteiger partial charge in [-0.3, -0.25) is 4.79 Å². The zero-order chi connectivity index (χ0) is 20.9. The van der Waals surface area contributed by atoms with Gasteiger partial charge in [0.05, 0.1) is 11.8 Å². The van der Waals surface area contributed by atoms with E-state index in [-0.39, 0.29) is 12.0 Å². The Labute approximate surface area is 175 Å². The highest BCUT2D eigenvalue weighted by molar-refractivity contribution is 5.76. The van der Waals surface area contributed by atoms with Gasteiger partial charge in [-0.25, -0.2) is 9.50 Å². The van der Waals surface area contributed by atoms with Gasteiger partial charge in [-0.1, -0.05) is 0 Å². The van der Waals surface area contributed by atoms with Crippen molar-refractivity contribution in [3.8, 4) is 5.88 Å². The van der Waals surface area contributed by atoms with Crippen molar-refractivity contribution in [2.24, 2.45) is 5.92 Å². The maximum absolute atomic E-state index is 12.2. The van der Waals surface area contributed by atoms with Crippen LogP contribution < -0.4 is 10.1 Å². The normalized spacial score (nSPS) is 19.3. The average molecular weight is 412 g/mol. The Morgan fingerprint density at radius 3 is 2.93 bits per heavy atom. The summed E-state index contributed by atoms with van der Waals surface area (Å²) in [6.45, 7) is 4.58. The summed E-state index contributed by atoms with van der Waals surface area (Å²) in [5, 5.41) is 11.2. The molecule has 3 heterocycles. The van der Waals surface area contributed by atoms with Gasteiger partial charge in [0.2, 0.25) is 5.91 Å². The van der Waals surface area contributed by atoms with E-state index < -0.39 is 0 Å². The van der Waals surface area contributed by atoms with E-state index in [9.17, 15) is 4.79 Å². The van der Waals surface area contributed by atoms with Gasteiger partial charge in [0.25, 0.3) is 11.7 Å². The lowest BCUT2D eigenvalue weighted by Gasteiger charge is -2.28. The standard InChI is InChI=1S/C21H28N6O3/c1-14(2)29-20-11-17(30-26-20)7-8-19(28)23-12-15-3-5-16(6-4-15)18-9-10-22-21-24-13-25-27(18)21/h9-11,13-16H,3-8,12H2,1-2H3,(H,23,28). The van der Waals surface area contributed by atoms with Crippen molar-refractivity contribution >= 4 is 11.7 Å². The molecule has 4 rings (SSSR count). The molecule has 3 aromatic rings. The lowest BCUT2D eigenvalue weighted by Crippen LogP contribution is -2.31. The molecule has 0 bridgehead atoms. The number of hydrogen-bond donors (Lipinski definition) is 1. The van der Waals surface area contributed by atoms with Gasteiger partial charge in [0.15, 0.2) is 0 Å². The Balaban J connectivity index is 1.19. The Kier molecular flexibility index (Phi) is 6.25. The van der Waals surface area contributed by atoms with Gasteiger partial charge in [-0.05, 0) is 56.7 Å². The highest BCUT2D eigenvalue weighted by Crippen LogP contribution is 2.35. The second kappa shape index (κ2) is 9.23. The summed E-state index contributed by atoms with van der Waals surface area (Å²) in [6, 6.07) is 3.79. The van der Waals surface area contributed by atoms with E-state index in [0.29, 0.717) is 42.1 Å². The van der Waals surface area contributed by atoms with Crippen LogP contribution in [0.25, 0.3) is 5.78 Å². The SMILES string of the molecule is CC(C)Oc1cc(CCC(=O)NCC2CCC(c3ccnc4ncnn34)CC2)on1. The van der Waals surface area contributed by atoms with E-state index in [0.717, 1.165) is 32.2 Å². The van der Waals surface area contributed by atoms with Crippen LogP contribution >= 0.6 is 0 Å². The van der Waals surface area contributed by atoms with Crippen LogP contribution in [0.1, 0.15) is 63.3 Å². The van der Waals surface area contributed by atoms with E-state index in [1.807, 2.05) is 24.4 Å². The van der Waals surface area contributed by atoms with Gasteiger partial charge >= 0.3 is 0 Å². The first-order chi connectivity index (χ1) is 14.6. The Bertz CT molecular complexity index is 974. The molecule has 0 spiro atoms. The molecule has 0 aliphatic heterocycles. The second-order valence-corrected chi connectivity index (χ2v) is 8.16. The van der Waals surface area contributed by atoms with Crippen molar-refractivity contribution in [3.05, 3.63) is 36.1 Å². The Hall–Kier alpha value is -2.97. The predicted molar refractivity (Wildman–Crippen MR) is 109 cm³/mol. The minimum atomic E-state index is 0.0401. The van der Waals surface area contributed by atoms with Crippen molar-refractivity contribution in [2.75, 3.05) is 6.54 Å². The fourth-order valence-electron chi connectivity index (χ4n) is 4.02. The summed E-state index contributed by atoms with van der Waals surface area (Å²) in [6.07, 6.45) is 8.62. The van der Waals surface area contributed by atoms with E-state index in [1.165, 1.54) is 5.69 Å². The molecule has 9 nitrogen and oxygen atoms in total. The van der Waals surface area contributed by atoms with Crippen LogP contribution in [0.4, 0.5) is 0 Å². The van der Waals surface area contributed by atoms with Crippen LogP contribution in [-0.2, 0) is 11.2 Å². The summed E-state index contributed by atoms with van der Waals surface area (Å²) in [5.74, 6) is 2.79. The molecular weight excluding hydrogens is 384 g/mol. The van der Waals surface area contributed by atoms with Gasteiger partial charge in [-0.2, -0.15) is 10.1 Å². The number of aryl methyl sites for hydroxylation is 1. The van der Waals surface area contributed by atoms with Crippen LogP contribution in [0, 0.1) is 5.92 Å². The number of carbonyl (C=O) groups is 1. The molecule has 0 radical (unpaired) electrons. The third-order valence-corrected chi connectivity index (χ3v) is 5.55. The third kappa shape index (κ3) is 4.95. The number of nitrogens with one attached hydrogen (secondary N) is 1. The highest BCUT2D eigenvalue weighted by Gasteiger charge is 2.25. The van der Waals surface area contributed by atoms with Crippen LogP contribution in [0.15, 0.2) is 29.2 Å². The fourth-order valence-corrected chi connectivity index (χ4v) is 4.02. The van der Waals surface area contributed by atoms with E-state index in [1.54, 1.807) is 18.6 Å². The van der Waals surface area contributed by atoms with Crippen molar-refractivity contribution in [1.29, 1.82) is 0 Å². The van der Waals surface area contributed by atoms with Crippen molar-refractivity contribution in [1.82, 2.24) is 30.1 Å². The predicted octanol–water partition coefficient (Wildman–Crippen LogP) is 2.92. The number of amides is 1. The van der Waals surface area contributed by atoms with Gasteiger partial charge < -0.3 is 14.6 Å². The van der Waals surface area contributed by atoms with E-state index in [2.05, 4.69) is 25.5 Å².